The Labute approximate surface area is 197 Å². The van der Waals surface area contributed by atoms with E-state index in [-0.39, 0.29) is 28.8 Å². The molecule has 5 nitrogen and oxygen atoms in total. The number of anilines is 1. The molecule has 3 aromatic rings. The average molecular weight is 465 g/mol. The van der Waals surface area contributed by atoms with Gasteiger partial charge in [-0.1, -0.05) is 81.4 Å². The number of rotatable bonds is 7. The summed E-state index contributed by atoms with van der Waals surface area (Å²) in [5.41, 5.74) is 3.48. The molecular weight excluding hydrogens is 432 g/mol. The summed E-state index contributed by atoms with van der Waals surface area (Å²) in [7, 11) is -3.92. The van der Waals surface area contributed by atoms with Gasteiger partial charge >= 0.3 is 0 Å². The number of nitrogens with zero attached hydrogens (tertiary/aromatic N) is 1. The third-order valence-corrected chi connectivity index (χ3v) is 7.43. The fraction of sp³-hybridized carbons (Fsp3) is 0.296. The minimum atomic E-state index is -3.92. The van der Waals surface area contributed by atoms with Crippen LogP contribution in [0.15, 0.2) is 83.8 Å². The Morgan fingerprint density at radius 3 is 2.06 bits per heavy atom. The second kappa shape index (κ2) is 9.79. The zero-order valence-electron chi connectivity index (χ0n) is 19.9. The van der Waals surface area contributed by atoms with Crippen LogP contribution in [0.2, 0.25) is 0 Å². The number of nitrogens with one attached hydrogen (secondary N) is 1. The van der Waals surface area contributed by atoms with Gasteiger partial charge in [0.15, 0.2) is 0 Å². The molecule has 0 saturated carbocycles. The van der Waals surface area contributed by atoms with Gasteiger partial charge in [0.2, 0.25) is 5.91 Å². The first-order valence-electron chi connectivity index (χ1n) is 11.0. The van der Waals surface area contributed by atoms with Gasteiger partial charge in [-0.25, -0.2) is 8.42 Å². The molecular formula is C27H32N2O3S. The van der Waals surface area contributed by atoms with Crippen molar-refractivity contribution >= 4 is 21.6 Å². The van der Waals surface area contributed by atoms with E-state index >= 15 is 0 Å². The summed E-state index contributed by atoms with van der Waals surface area (Å²) >= 11 is 0. The minimum absolute atomic E-state index is 0.0465. The van der Waals surface area contributed by atoms with E-state index in [0.717, 1.165) is 11.1 Å². The van der Waals surface area contributed by atoms with Crippen molar-refractivity contribution < 1.29 is 13.2 Å². The Kier molecular flexibility index (Phi) is 7.28. The zero-order chi connectivity index (χ0) is 24.2. The van der Waals surface area contributed by atoms with Crippen molar-refractivity contribution in [3.05, 3.63) is 95.6 Å². The van der Waals surface area contributed by atoms with Crippen LogP contribution in [-0.4, -0.2) is 20.9 Å². The summed E-state index contributed by atoms with van der Waals surface area (Å²) in [5.74, 6) is -0.370. The molecule has 0 aromatic heterocycles. The fourth-order valence-electron chi connectivity index (χ4n) is 3.64. The maximum absolute atomic E-state index is 13.5. The van der Waals surface area contributed by atoms with Crippen LogP contribution in [0.4, 0.5) is 5.69 Å². The molecule has 6 heteroatoms. The van der Waals surface area contributed by atoms with Crippen LogP contribution in [0.5, 0.6) is 0 Å². The lowest BCUT2D eigenvalue weighted by Gasteiger charge is -2.26. The summed E-state index contributed by atoms with van der Waals surface area (Å²) in [4.78, 5) is 13.2. The van der Waals surface area contributed by atoms with Gasteiger partial charge in [0.05, 0.1) is 16.6 Å². The molecule has 0 aliphatic heterocycles. The van der Waals surface area contributed by atoms with Crippen molar-refractivity contribution in [2.75, 3.05) is 10.8 Å². The molecule has 0 spiro atoms. The van der Waals surface area contributed by atoms with Gasteiger partial charge in [-0.3, -0.25) is 9.10 Å². The van der Waals surface area contributed by atoms with E-state index in [2.05, 4.69) is 38.2 Å². The first-order valence-corrected chi connectivity index (χ1v) is 12.5. The molecule has 1 atom stereocenters. The fourth-order valence-corrected chi connectivity index (χ4v) is 5.14. The summed E-state index contributed by atoms with van der Waals surface area (Å²) in [6.07, 6.45) is 0. The van der Waals surface area contributed by atoms with Crippen molar-refractivity contribution in [1.29, 1.82) is 0 Å². The third kappa shape index (κ3) is 5.82. The van der Waals surface area contributed by atoms with E-state index in [0.29, 0.717) is 5.69 Å². The molecule has 1 N–H and O–H groups in total. The summed E-state index contributed by atoms with van der Waals surface area (Å²) < 4.78 is 28.1. The molecule has 33 heavy (non-hydrogen) atoms. The summed E-state index contributed by atoms with van der Waals surface area (Å²) in [5, 5.41) is 2.95. The lowest BCUT2D eigenvalue weighted by Crippen LogP contribution is -2.41. The van der Waals surface area contributed by atoms with Gasteiger partial charge in [0.25, 0.3) is 10.0 Å². The number of hydrogen-bond acceptors (Lipinski definition) is 3. The number of sulfonamides is 1. The molecule has 0 bridgehead atoms. The van der Waals surface area contributed by atoms with E-state index in [4.69, 9.17) is 0 Å². The van der Waals surface area contributed by atoms with E-state index in [1.54, 1.807) is 30.3 Å². The molecule has 0 radical (unpaired) electrons. The zero-order valence-corrected chi connectivity index (χ0v) is 20.7. The molecule has 0 unspecified atom stereocenters. The topological polar surface area (TPSA) is 66.5 Å². The standard InChI is InChI=1S/C27H32N2O3S/c1-20-11-9-10-14-25(20)29(33(31,32)24-12-7-6-8-13-24)19-26(30)28-21(2)22-15-17-23(18-16-22)27(3,4)5/h6-18,21H,19H2,1-5H3,(H,28,30)/t21-/m0/s1. The van der Waals surface area contributed by atoms with Gasteiger partial charge in [-0.05, 0) is 54.2 Å². The second-order valence-electron chi connectivity index (χ2n) is 9.27. The molecule has 1 amide bonds. The third-order valence-electron chi connectivity index (χ3n) is 5.66. The summed E-state index contributed by atoms with van der Waals surface area (Å²) in [6.45, 7) is 9.88. The maximum Gasteiger partial charge on any atom is 0.264 e. The van der Waals surface area contributed by atoms with Crippen molar-refractivity contribution in [1.82, 2.24) is 5.32 Å². The Morgan fingerprint density at radius 1 is 0.909 bits per heavy atom. The molecule has 3 rings (SSSR count). The monoisotopic (exact) mass is 464 g/mol. The van der Waals surface area contributed by atoms with Crippen molar-refractivity contribution in [2.45, 2.75) is 51.0 Å². The lowest BCUT2D eigenvalue weighted by atomic mass is 9.86. The highest BCUT2D eigenvalue weighted by Crippen LogP contribution is 2.27. The molecule has 0 saturated heterocycles. The van der Waals surface area contributed by atoms with Gasteiger partial charge in [0.1, 0.15) is 6.54 Å². The van der Waals surface area contributed by atoms with Crippen LogP contribution in [0.3, 0.4) is 0 Å². The molecule has 0 heterocycles. The number of aryl methyl sites for hydroxylation is 1. The van der Waals surface area contributed by atoms with E-state index < -0.39 is 10.0 Å². The predicted molar refractivity (Wildman–Crippen MR) is 134 cm³/mol. The van der Waals surface area contributed by atoms with Gasteiger partial charge in [-0.2, -0.15) is 0 Å². The van der Waals surface area contributed by atoms with Crippen LogP contribution in [-0.2, 0) is 20.2 Å². The Balaban J connectivity index is 1.84. The SMILES string of the molecule is Cc1ccccc1N(CC(=O)N[C@@H](C)c1ccc(C(C)(C)C)cc1)S(=O)(=O)c1ccccc1. The minimum Gasteiger partial charge on any atom is -0.348 e. The van der Waals surface area contributed by atoms with Crippen LogP contribution < -0.4 is 9.62 Å². The van der Waals surface area contributed by atoms with Crippen molar-refractivity contribution in [3.8, 4) is 0 Å². The van der Waals surface area contributed by atoms with E-state index in [1.807, 2.05) is 38.1 Å². The Hall–Kier alpha value is -3.12. The first-order chi connectivity index (χ1) is 15.5. The molecule has 0 aliphatic rings. The normalized spacial score (nSPS) is 12.8. The van der Waals surface area contributed by atoms with Gasteiger partial charge in [0, 0.05) is 0 Å². The maximum atomic E-state index is 13.5. The molecule has 3 aromatic carbocycles. The van der Waals surface area contributed by atoms with Gasteiger partial charge < -0.3 is 5.32 Å². The number of para-hydroxylation sites is 1. The predicted octanol–water partition coefficient (Wildman–Crippen LogP) is 5.37. The Morgan fingerprint density at radius 2 is 1.48 bits per heavy atom. The van der Waals surface area contributed by atoms with E-state index in [9.17, 15) is 13.2 Å². The highest BCUT2D eigenvalue weighted by Gasteiger charge is 2.28. The van der Waals surface area contributed by atoms with Crippen LogP contribution in [0.25, 0.3) is 0 Å². The highest BCUT2D eigenvalue weighted by molar-refractivity contribution is 7.92. The number of amides is 1. The summed E-state index contributed by atoms with van der Waals surface area (Å²) in [6, 6.07) is 23.2. The van der Waals surface area contributed by atoms with Gasteiger partial charge in [-0.15, -0.1) is 0 Å². The van der Waals surface area contributed by atoms with E-state index in [1.165, 1.54) is 22.0 Å². The van der Waals surface area contributed by atoms with Crippen LogP contribution in [0.1, 0.15) is 50.4 Å². The largest absolute Gasteiger partial charge is 0.348 e. The van der Waals surface area contributed by atoms with Crippen molar-refractivity contribution in [2.24, 2.45) is 0 Å². The molecule has 0 aliphatic carbocycles. The van der Waals surface area contributed by atoms with Crippen LogP contribution in [0, 0.1) is 6.92 Å². The van der Waals surface area contributed by atoms with Crippen LogP contribution >= 0.6 is 0 Å². The number of benzene rings is 3. The molecule has 174 valence electrons. The van der Waals surface area contributed by atoms with Crippen molar-refractivity contribution in [3.63, 3.8) is 0 Å². The smallest absolute Gasteiger partial charge is 0.264 e. The lowest BCUT2D eigenvalue weighted by molar-refractivity contribution is -0.120. The average Bonchev–Trinajstić information content (AvgIpc) is 2.78. The number of carbonyl (C=O) groups excluding carboxylic acids is 1. The number of hydrogen-bond donors (Lipinski definition) is 1. The quantitative estimate of drug-likeness (QED) is 0.511. The first kappa shape index (κ1) is 24.5. The highest BCUT2D eigenvalue weighted by atomic mass is 32.2. The molecule has 0 fully saturated rings. The number of carbonyl (C=O) groups is 1. The Bertz CT molecular complexity index is 1200. The second-order valence-corrected chi connectivity index (χ2v) is 11.1.